The molecule has 0 saturated carbocycles. The van der Waals surface area contributed by atoms with E-state index in [0.29, 0.717) is 13.1 Å². The molecule has 5 nitrogen and oxygen atoms in total. The Kier molecular flexibility index (Phi) is 5.05. The molecule has 0 atom stereocenters. The quantitative estimate of drug-likeness (QED) is 0.769. The van der Waals surface area contributed by atoms with E-state index < -0.39 is 17.1 Å². The van der Waals surface area contributed by atoms with Crippen LogP contribution in [0.5, 0.6) is 0 Å². The Morgan fingerprint density at radius 1 is 0.960 bits per heavy atom. The molecule has 7 heteroatoms. The van der Waals surface area contributed by atoms with Crippen LogP contribution in [0.4, 0.5) is 0 Å². The zero-order chi connectivity index (χ0) is 18.3. The Labute approximate surface area is 151 Å². The van der Waals surface area contributed by atoms with Crippen LogP contribution >= 0.6 is 0 Å². The zero-order valence-corrected chi connectivity index (χ0v) is 16.4. The van der Waals surface area contributed by atoms with Gasteiger partial charge in [-0.3, -0.25) is 0 Å². The van der Waals surface area contributed by atoms with E-state index in [1.165, 1.54) is 0 Å². The summed E-state index contributed by atoms with van der Waals surface area (Å²) < 4.78 is 38.8. The first-order valence-corrected chi connectivity index (χ1v) is 10.6. The normalized spacial score (nSPS) is 23.8. The average Bonchev–Trinajstić information content (AvgIpc) is 2.77. The fourth-order valence-electron chi connectivity index (χ4n) is 3.20. The molecule has 2 aliphatic heterocycles. The molecular weight excluding hydrogens is 337 g/mol. The smallest absolute Gasteiger partial charge is 0.399 e. The van der Waals surface area contributed by atoms with E-state index in [1.807, 2.05) is 52.0 Å². The van der Waals surface area contributed by atoms with Crippen LogP contribution < -0.4 is 5.46 Å². The zero-order valence-electron chi connectivity index (χ0n) is 15.6. The van der Waals surface area contributed by atoms with Crippen molar-refractivity contribution in [1.29, 1.82) is 0 Å². The highest BCUT2D eigenvalue weighted by Gasteiger charge is 2.51. The van der Waals surface area contributed by atoms with Crippen LogP contribution in [0.15, 0.2) is 24.3 Å². The van der Waals surface area contributed by atoms with Gasteiger partial charge in [-0.05, 0) is 51.6 Å². The lowest BCUT2D eigenvalue weighted by Gasteiger charge is -2.32. The Morgan fingerprint density at radius 3 is 2.00 bits per heavy atom. The second-order valence-electron chi connectivity index (χ2n) is 8.05. The van der Waals surface area contributed by atoms with Gasteiger partial charge < -0.3 is 9.31 Å². The average molecular weight is 365 g/mol. The van der Waals surface area contributed by atoms with Crippen LogP contribution in [0.1, 0.15) is 52.5 Å². The lowest BCUT2D eigenvalue weighted by Crippen LogP contribution is -2.41. The molecule has 2 fully saturated rings. The lowest BCUT2D eigenvalue weighted by molar-refractivity contribution is 0.00578. The molecular formula is C18H28BNO4S. The van der Waals surface area contributed by atoms with Crippen molar-refractivity contribution in [3.05, 3.63) is 29.8 Å². The second-order valence-corrected chi connectivity index (χ2v) is 10.0. The molecule has 0 spiro atoms. The van der Waals surface area contributed by atoms with Gasteiger partial charge in [0.05, 0.1) is 17.0 Å². The molecule has 0 unspecified atom stereocenters. The largest absolute Gasteiger partial charge is 0.494 e. The van der Waals surface area contributed by atoms with Crippen molar-refractivity contribution in [2.45, 2.75) is 63.9 Å². The molecule has 0 aromatic heterocycles. The van der Waals surface area contributed by atoms with Crippen molar-refractivity contribution >= 4 is 22.6 Å². The van der Waals surface area contributed by atoms with Crippen LogP contribution in [0.25, 0.3) is 0 Å². The van der Waals surface area contributed by atoms with E-state index in [0.717, 1.165) is 30.3 Å². The molecule has 138 valence electrons. The minimum atomic E-state index is -3.23. The first-order chi connectivity index (χ1) is 11.6. The van der Waals surface area contributed by atoms with E-state index in [4.69, 9.17) is 9.31 Å². The standard InChI is InChI=1S/C18H28BNO4S/c1-17(2)18(3,4)24-19(23-17)16-10-8-15(9-11-16)14-25(21,22)20-12-6-5-7-13-20/h8-11H,5-7,12-14H2,1-4H3. The molecule has 1 aromatic rings. The predicted octanol–water partition coefficient (Wildman–Crippen LogP) is 2.30. The highest BCUT2D eigenvalue weighted by Crippen LogP contribution is 2.36. The summed E-state index contributed by atoms with van der Waals surface area (Å²) in [6.07, 6.45) is 3.04. The third kappa shape index (κ3) is 3.94. The molecule has 0 aliphatic carbocycles. The Balaban J connectivity index is 1.69. The number of rotatable bonds is 4. The Hall–Kier alpha value is -0.885. The fourth-order valence-corrected chi connectivity index (χ4v) is 4.81. The highest BCUT2D eigenvalue weighted by atomic mass is 32.2. The van der Waals surface area contributed by atoms with Crippen LogP contribution in [-0.2, 0) is 25.1 Å². The van der Waals surface area contributed by atoms with Crippen LogP contribution in [-0.4, -0.2) is 44.1 Å². The van der Waals surface area contributed by atoms with E-state index in [1.54, 1.807) is 4.31 Å². The molecule has 0 bridgehead atoms. The minimum absolute atomic E-state index is 0.0522. The summed E-state index contributed by atoms with van der Waals surface area (Å²) in [5, 5.41) is 0. The van der Waals surface area contributed by atoms with Crippen molar-refractivity contribution in [3.8, 4) is 0 Å². The van der Waals surface area contributed by atoms with Gasteiger partial charge >= 0.3 is 7.12 Å². The third-order valence-electron chi connectivity index (χ3n) is 5.56. The first-order valence-electron chi connectivity index (χ1n) is 9.03. The maximum absolute atomic E-state index is 12.5. The van der Waals surface area contributed by atoms with Crippen LogP contribution in [0.3, 0.4) is 0 Å². The summed E-state index contributed by atoms with van der Waals surface area (Å²) in [4.78, 5) is 0. The van der Waals surface area contributed by atoms with Crippen molar-refractivity contribution in [3.63, 3.8) is 0 Å². The summed E-state index contributed by atoms with van der Waals surface area (Å²) in [7, 11) is -3.65. The minimum Gasteiger partial charge on any atom is -0.399 e. The number of sulfonamides is 1. The van der Waals surface area contributed by atoms with Gasteiger partial charge in [-0.2, -0.15) is 0 Å². The summed E-state index contributed by atoms with van der Waals surface area (Å²) in [5.74, 6) is 0.0522. The van der Waals surface area contributed by atoms with Crippen molar-refractivity contribution in [2.24, 2.45) is 0 Å². The topological polar surface area (TPSA) is 55.8 Å². The molecule has 0 N–H and O–H groups in total. The van der Waals surface area contributed by atoms with E-state index >= 15 is 0 Å². The maximum Gasteiger partial charge on any atom is 0.494 e. The van der Waals surface area contributed by atoms with Gasteiger partial charge in [0.25, 0.3) is 0 Å². The molecule has 3 rings (SSSR count). The van der Waals surface area contributed by atoms with Crippen LogP contribution in [0, 0.1) is 0 Å². The molecule has 1 aromatic carbocycles. The first kappa shape index (κ1) is 18.9. The van der Waals surface area contributed by atoms with E-state index in [9.17, 15) is 8.42 Å². The summed E-state index contributed by atoms with van der Waals surface area (Å²) in [6.45, 7) is 9.38. The number of nitrogens with zero attached hydrogens (tertiary/aromatic N) is 1. The van der Waals surface area contributed by atoms with Gasteiger partial charge in [0.1, 0.15) is 0 Å². The summed E-state index contributed by atoms with van der Waals surface area (Å²) in [6, 6.07) is 7.54. The fraction of sp³-hybridized carbons (Fsp3) is 0.667. The lowest BCUT2D eigenvalue weighted by atomic mass is 9.79. The van der Waals surface area contributed by atoms with Gasteiger partial charge in [0.2, 0.25) is 10.0 Å². The highest BCUT2D eigenvalue weighted by molar-refractivity contribution is 7.88. The predicted molar refractivity (Wildman–Crippen MR) is 100 cm³/mol. The molecule has 0 amide bonds. The van der Waals surface area contributed by atoms with Gasteiger partial charge in [-0.15, -0.1) is 0 Å². The SMILES string of the molecule is CC1(C)OB(c2ccc(CS(=O)(=O)N3CCCCC3)cc2)OC1(C)C. The van der Waals surface area contributed by atoms with Crippen molar-refractivity contribution in [2.75, 3.05) is 13.1 Å². The molecule has 0 radical (unpaired) electrons. The van der Waals surface area contributed by atoms with Crippen molar-refractivity contribution in [1.82, 2.24) is 4.31 Å². The van der Waals surface area contributed by atoms with Gasteiger partial charge in [-0.25, -0.2) is 12.7 Å². The van der Waals surface area contributed by atoms with E-state index in [2.05, 4.69) is 0 Å². The Morgan fingerprint density at radius 2 is 1.48 bits per heavy atom. The molecule has 2 aliphatic rings. The van der Waals surface area contributed by atoms with Gasteiger partial charge in [0, 0.05) is 13.1 Å². The third-order valence-corrected chi connectivity index (χ3v) is 7.41. The number of hydrogen-bond donors (Lipinski definition) is 0. The number of hydrogen-bond acceptors (Lipinski definition) is 4. The molecule has 2 heterocycles. The molecule has 2 saturated heterocycles. The van der Waals surface area contributed by atoms with Crippen molar-refractivity contribution < 1.29 is 17.7 Å². The van der Waals surface area contributed by atoms with Crippen LogP contribution in [0.2, 0.25) is 0 Å². The Bertz CT molecular complexity index is 693. The molecule has 25 heavy (non-hydrogen) atoms. The second kappa shape index (κ2) is 6.69. The summed E-state index contributed by atoms with van der Waals surface area (Å²) >= 11 is 0. The van der Waals surface area contributed by atoms with E-state index in [-0.39, 0.29) is 17.0 Å². The van der Waals surface area contributed by atoms with Gasteiger partial charge in [0.15, 0.2) is 0 Å². The summed E-state index contributed by atoms with van der Waals surface area (Å²) in [5.41, 5.74) is 0.950. The number of benzene rings is 1. The van der Waals surface area contributed by atoms with Gasteiger partial charge in [-0.1, -0.05) is 30.7 Å². The number of piperidine rings is 1. The maximum atomic E-state index is 12.5. The monoisotopic (exact) mass is 365 g/mol.